The molecule has 4 aromatic rings. The Balaban J connectivity index is 1.23. The summed E-state index contributed by atoms with van der Waals surface area (Å²) in [4.78, 5) is 16.1. The number of hydrogen-bond acceptors (Lipinski definition) is 4. The molecule has 6 nitrogen and oxygen atoms in total. The minimum atomic E-state index is 0.371. The maximum atomic E-state index is 5.41. The van der Waals surface area contributed by atoms with Crippen molar-refractivity contribution in [3.8, 4) is 11.3 Å². The minimum Gasteiger partial charge on any atom is -0.380 e. The fourth-order valence-electron chi connectivity index (χ4n) is 5.87. The third kappa shape index (κ3) is 3.73. The van der Waals surface area contributed by atoms with Crippen LogP contribution >= 0.6 is 0 Å². The van der Waals surface area contributed by atoms with Gasteiger partial charge in [0.1, 0.15) is 5.65 Å². The Hall–Kier alpha value is -2.70. The number of H-pyrrole nitrogens is 1. The van der Waals surface area contributed by atoms with E-state index in [4.69, 9.17) is 9.72 Å². The molecule has 0 radical (unpaired) electrons. The van der Waals surface area contributed by atoms with Gasteiger partial charge in [-0.3, -0.25) is 4.98 Å². The number of fused-ring (bicyclic) bond motifs is 2. The second-order valence-corrected chi connectivity index (χ2v) is 11.2. The van der Waals surface area contributed by atoms with Crippen LogP contribution in [-0.4, -0.2) is 57.3 Å². The molecule has 4 aromatic heterocycles. The first kappa shape index (κ1) is 21.8. The molecule has 0 atom stereocenters. The van der Waals surface area contributed by atoms with E-state index in [0.29, 0.717) is 11.3 Å². The molecule has 6 heteroatoms. The van der Waals surface area contributed by atoms with Crippen LogP contribution in [0.5, 0.6) is 0 Å². The summed E-state index contributed by atoms with van der Waals surface area (Å²) < 4.78 is 7.52. The van der Waals surface area contributed by atoms with Gasteiger partial charge in [0.25, 0.3) is 0 Å². The topological polar surface area (TPSA) is 59.0 Å². The molecule has 2 saturated heterocycles. The fourth-order valence-corrected chi connectivity index (χ4v) is 5.87. The first-order chi connectivity index (χ1) is 16.4. The minimum absolute atomic E-state index is 0.371. The van der Waals surface area contributed by atoms with Crippen molar-refractivity contribution in [3.05, 3.63) is 47.9 Å². The lowest BCUT2D eigenvalue weighted by Crippen LogP contribution is -2.55. The summed E-state index contributed by atoms with van der Waals surface area (Å²) in [5.41, 5.74) is 8.52. The number of nitrogens with one attached hydrogen (secondary N) is 1. The van der Waals surface area contributed by atoms with Crippen molar-refractivity contribution in [1.82, 2.24) is 24.4 Å². The van der Waals surface area contributed by atoms with Gasteiger partial charge in [-0.2, -0.15) is 0 Å². The van der Waals surface area contributed by atoms with Gasteiger partial charge in [0, 0.05) is 66.7 Å². The molecule has 0 aliphatic carbocycles. The van der Waals surface area contributed by atoms with Gasteiger partial charge < -0.3 is 19.2 Å². The second-order valence-electron chi connectivity index (χ2n) is 11.2. The first-order valence-corrected chi connectivity index (χ1v) is 12.6. The van der Waals surface area contributed by atoms with Crippen LogP contribution in [0.3, 0.4) is 0 Å². The van der Waals surface area contributed by atoms with E-state index in [2.05, 4.69) is 71.6 Å². The number of aryl methyl sites for hydroxylation is 2. The van der Waals surface area contributed by atoms with E-state index in [1.807, 2.05) is 12.3 Å². The Morgan fingerprint density at radius 1 is 1.21 bits per heavy atom. The standard InChI is InChI=1S/C28H35N5O/c1-18(2)24-25(22-14-32(4)27-21(22)6-5-11-29-27)31-23-10-9-20(30-26(23)24)8-7-19-12-33(13-19)15-28(3)16-34-17-28/h5-6,9-11,14,18-19,31H,7-8,12-13,15-17H2,1-4H3. The number of likely N-dealkylation sites (tertiary alicyclic amines) is 1. The molecule has 34 heavy (non-hydrogen) atoms. The van der Waals surface area contributed by atoms with Gasteiger partial charge in [-0.05, 0) is 48.9 Å². The van der Waals surface area contributed by atoms with Crippen LogP contribution in [0.4, 0.5) is 0 Å². The summed E-state index contributed by atoms with van der Waals surface area (Å²) in [6.45, 7) is 12.3. The summed E-state index contributed by atoms with van der Waals surface area (Å²) in [7, 11) is 2.06. The molecule has 0 saturated carbocycles. The van der Waals surface area contributed by atoms with E-state index >= 15 is 0 Å². The van der Waals surface area contributed by atoms with Crippen LogP contribution in [0.25, 0.3) is 33.3 Å². The van der Waals surface area contributed by atoms with Crippen molar-refractivity contribution in [2.24, 2.45) is 18.4 Å². The summed E-state index contributed by atoms with van der Waals surface area (Å²) in [5, 5.41) is 1.18. The van der Waals surface area contributed by atoms with Crippen molar-refractivity contribution in [1.29, 1.82) is 0 Å². The highest BCUT2D eigenvalue weighted by Crippen LogP contribution is 2.38. The lowest BCUT2D eigenvalue weighted by Gasteiger charge is -2.47. The summed E-state index contributed by atoms with van der Waals surface area (Å²) in [6, 6.07) is 8.61. The maximum Gasteiger partial charge on any atom is 0.140 e. The Kier molecular flexibility index (Phi) is 5.26. The zero-order chi connectivity index (χ0) is 23.4. The highest BCUT2D eigenvalue weighted by Gasteiger charge is 2.38. The monoisotopic (exact) mass is 457 g/mol. The first-order valence-electron chi connectivity index (χ1n) is 12.6. The van der Waals surface area contributed by atoms with Gasteiger partial charge in [0.15, 0.2) is 0 Å². The highest BCUT2D eigenvalue weighted by atomic mass is 16.5. The van der Waals surface area contributed by atoms with Gasteiger partial charge in [-0.1, -0.05) is 20.8 Å². The Labute approximate surface area is 201 Å². The van der Waals surface area contributed by atoms with Crippen molar-refractivity contribution >= 4 is 22.1 Å². The maximum absolute atomic E-state index is 5.41. The van der Waals surface area contributed by atoms with Crippen LogP contribution in [0.15, 0.2) is 36.7 Å². The van der Waals surface area contributed by atoms with Crippen molar-refractivity contribution in [2.75, 3.05) is 32.8 Å². The van der Waals surface area contributed by atoms with E-state index in [1.54, 1.807) is 0 Å². The Morgan fingerprint density at radius 3 is 2.76 bits per heavy atom. The Morgan fingerprint density at radius 2 is 2.03 bits per heavy atom. The van der Waals surface area contributed by atoms with Gasteiger partial charge >= 0.3 is 0 Å². The number of aromatic nitrogens is 4. The summed E-state index contributed by atoms with van der Waals surface area (Å²) in [5.74, 6) is 1.16. The van der Waals surface area contributed by atoms with Crippen LogP contribution in [0.2, 0.25) is 0 Å². The third-order valence-electron chi connectivity index (χ3n) is 7.67. The molecule has 6 rings (SSSR count). The summed E-state index contributed by atoms with van der Waals surface area (Å²) >= 11 is 0. The predicted molar refractivity (Wildman–Crippen MR) is 137 cm³/mol. The molecular weight excluding hydrogens is 422 g/mol. The van der Waals surface area contributed by atoms with Crippen molar-refractivity contribution in [2.45, 2.75) is 39.5 Å². The van der Waals surface area contributed by atoms with Crippen LogP contribution in [0.1, 0.15) is 44.4 Å². The third-order valence-corrected chi connectivity index (χ3v) is 7.67. The molecule has 0 amide bonds. The number of hydrogen-bond donors (Lipinski definition) is 1. The van der Waals surface area contributed by atoms with Gasteiger partial charge in [0.05, 0.1) is 29.9 Å². The predicted octanol–water partition coefficient (Wildman–Crippen LogP) is 5.14. The second kappa shape index (κ2) is 8.21. The SMILES string of the molecule is CC(C)c1c(-c2cn(C)c3ncccc23)[nH]c2ccc(CCC3CN(CC4(C)COC4)C3)nc12. The smallest absolute Gasteiger partial charge is 0.140 e. The van der Waals surface area contributed by atoms with Crippen LogP contribution in [0, 0.1) is 11.3 Å². The lowest BCUT2D eigenvalue weighted by molar-refractivity contribution is -0.126. The average Bonchev–Trinajstić information content (AvgIpc) is 3.31. The molecule has 2 fully saturated rings. The zero-order valence-electron chi connectivity index (χ0n) is 20.8. The van der Waals surface area contributed by atoms with E-state index < -0.39 is 0 Å². The van der Waals surface area contributed by atoms with E-state index in [0.717, 1.165) is 42.2 Å². The lowest BCUT2D eigenvalue weighted by atomic mass is 9.84. The largest absolute Gasteiger partial charge is 0.380 e. The molecule has 0 unspecified atom stereocenters. The normalized spacial score (nSPS) is 18.6. The van der Waals surface area contributed by atoms with E-state index in [1.165, 1.54) is 54.0 Å². The number of ether oxygens (including phenoxy) is 1. The van der Waals surface area contributed by atoms with Crippen molar-refractivity contribution < 1.29 is 4.74 Å². The Bertz CT molecular complexity index is 1340. The van der Waals surface area contributed by atoms with Crippen molar-refractivity contribution in [3.63, 3.8) is 0 Å². The van der Waals surface area contributed by atoms with E-state index in [-0.39, 0.29) is 0 Å². The number of pyridine rings is 2. The highest BCUT2D eigenvalue weighted by molar-refractivity contribution is 5.98. The molecular formula is C28H35N5O. The zero-order valence-corrected chi connectivity index (χ0v) is 20.8. The number of rotatable bonds is 7. The number of nitrogens with zero attached hydrogens (tertiary/aromatic N) is 4. The van der Waals surface area contributed by atoms with E-state index in [9.17, 15) is 0 Å². The molecule has 0 spiro atoms. The molecule has 1 N–H and O–H groups in total. The van der Waals surface area contributed by atoms with Gasteiger partial charge in [-0.25, -0.2) is 4.98 Å². The molecule has 178 valence electrons. The average molecular weight is 458 g/mol. The molecule has 0 bridgehead atoms. The van der Waals surface area contributed by atoms with Crippen LogP contribution in [-0.2, 0) is 18.2 Å². The van der Waals surface area contributed by atoms with Gasteiger partial charge in [-0.15, -0.1) is 0 Å². The fraction of sp³-hybridized carbons (Fsp3) is 0.500. The molecule has 0 aromatic carbocycles. The molecule has 2 aliphatic rings. The van der Waals surface area contributed by atoms with Crippen LogP contribution < -0.4 is 0 Å². The number of aromatic amines is 1. The quantitative estimate of drug-likeness (QED) is 0.417. The molecule has 6 heterocycles. The van der Waals surface area contributed by atoms with Gasteiger partial charge in [0.2, 0.25) is 0 Å². The molecule has 2 aliphatic heterocycles. The summed E-state index contributed by atoms with van der Waals surface area (Å²) in [6.07, 6.45) is 6.31.